The van der Waals surface area contributed by atoms with Crippen LogP contribution in [0.4, 0.5) is 0 Å². The normalized spacial score (nSPS) is 13.3. The van der Waals surface area contributed by atoms with Crippen LogP contribution in [-0.2, 0) is 4.74 Å². The zero-order chi connectivity index (χ0) is 9.97. The summed E-state index contributed by atoms with van der Waals surface area (Å²) in [4.78, 5) is 0. The number of methoxy groups -OCH3 is 1. The van der Waals surface area contributed by atoms with Crippen LogP contribution < -0.4 is 5.73 Å². The summed E-state index contributed by atoms with van der Waals surface area (Å²) in [5.74, 6) is 0. The number of hydrogen-bond donors (Lipinski definition) is 1. The minimum atomic E-state index is -0.0331. The molecule has 1 heterocycles. The van der Waals surface area contributed by atoms with Crippen molar-refractivity contribution >= 4 is 11.0 Å². The smallest absolute Gasteiger partial charge is 0.133 e. The minimum Gasteiger partial charge on any atom is -0.464 e. The summed E-state index contributed by atoms with van der Waals surface area (Å²) >= 11 is 0. The summed E-state index contributed by atoms with van der Waals surface area (Å²) in [5, 5.41) is 1.08. The Labute approximate surface area is 82.5 Å². The second kappa shape index (κ2) is 3.82. The van der Waals surface area contributed by atoms with Crippen molar-refractivity contribution in [3.05, 3.63) is 36.1 Å². The van der Waals surface area contributed by atoms with Gasteiger partial charge < -0.3 is 14.9 Å². The predicted octanol–water partition coefficient (Wildman–Crippen LogP) is 2.08. The second-order valence-electron chi connectivity index (χ2n) is 3.18. The molecule has 1 atom stereocenters. The Balaban J connectivity index is 2.42. The lowest BCUT2D eigenvalue weighted by Gasteiger charge is -2.12. The van der Waals surface area contributed by atoms with Crippen molar-refractivity contribution in [2.24, 2.45) is 5.73 Å². The SMILES string of the molecule is COC(CN)c1ccc2occc2c1. The van der Waals surface area contributed by atoms with Gasteiger partial charge in [-0.15, -0.1) is 0 Å². The highest BCUT2D eigenvalue weighted by Gasteiger charge is 2.08. The summed E-state index contributed by atoms with van der Waals surface area (Å²) in [6.07, 6.45) is 1.65. The van der Waals surface area contributed by atoms with Crippen LogP contribution in [0.25, 0.3) is 11.0 Å². The van der Waals surface area contributed by atoms with Crippen LogP contribution in [-0.4, -0.2) is 13.7 Å². The minimum absolute atomic E-state index is 0.0331. The number of benzene rings is 1. The second-order valence-corrected chi connectivity index (χ2v) is 3.18. The van der Waals surface area contributed by atoms with Gasteiger partial charge in [0.25, 0.3) is 0 Å². The Kier molecular flexibility index (Phi) is 2.52. The zero-order valence-electron chi connectivity index (χ0n) is 8.07. The van der Waals surface area contributed by atoms with Crippen LogP contribution in [0.5, 0.6) is 0 Å². The molecule has 0 spiro atoms. The molecule has 0 amide bonds. The Hall–Kier alpha value is -1.32. The molecule has 3 heteroatoms. The van der Waals surface area contributed by atoms with Gasteiger partial charge in [0.2, 0.25) is 0 Å². The molecule has 0 bridgehead atoms. The van der Waals surface area contributed by atoms with Gasteiger partial charge in [-0.25, -0.2) is 0 Å². The molecule has 1 aromatic heterocycles. The number of hydrogen-bond acceptors (Lipinski definition) is 3. The first kappa shape index (κ1) is 9.24. The third kappa shape index (κ3) is 1.52. The first-order valence-electron chi connectivity index (χ1n) is 4.55. The third-order valence-corrected chi connectivity index (χ3v) is 2.35. The van der Waals surface area contributed by atoms with Crippen LogP contribution in [0.3, 0.4) is 0 Å². The van der Waals surface area contributed by atoms with E-state index in [4.69, 9.17) is 14.9 Å². The fraction of sp³-hybridized carbons (Fsp3) is 0.273. The van der Waals surface area contributed by atoms with Gasteiger partial charge in [0.15, 0.2) is 0 Å². The van der Waals surface area contributed by atoms with E-state index in [1.54, 1.807) is 13.4 Å². The van der Waals surface area contributed by atoms with E-state index in [1.165, 1.54) is 0 Å². The van der Waals surface area contributed by atoms with Gasteiger partial charge in [-0.3, -0.25) is 0 Å². The van der Waals surface area contributed by atoms with Crippen molar-refractivity contribution in [2.45, 2.75) is 6.10 Å². The maximum absolute atomic E-state index is 5.59. The summed E-state index contributed by atoms with van der Waals surface area (Å²) in [7, 11) is 1.66. The summed E-state index contributed by atoms with van der Waals surface area (Å²) < 4.78 is 10.5. The van der Waals surface area contributed by atoms with Crippen molar-refractivity contribution in [1.29, 1.82) is 0 Å². The quantitative estimate of drug-likeness (QED) is 0.808. The van der Waals surface area contributed by atoms with E-state index in [2.05, 4.69) is 0 Å². The molecule has 3 nitrogen and oxygen atoms in total. The first-order chi connectivity index (χ1) is 6.85. The maximum Gasteiger partial charge on any atom is 0.133 e. The first-order valence-corrected chi connectivity index (χ1v) is 4.55. The molecule has 0 saturated carbocycles. The third-order valence-electron chi connectivity index (χ3n) is 2.35. The molecule has 0 saturated heterocycles. The monoisotopic (exact) mass is 191 g/mol. The van der Waals surface area contributed by atoms with E-state index in [1.807, 2.05) is 24.3 Å². The van der Waals surface area contributed by atoms with Crippen LogP contribution >= 0.6 is 0 Å². The van der Waals surface area contributed by atoms with Gasteiger partial charge in [0.05, 0.1) is 12.4 Å². The Morgan fingerprint density at radius 1 is 1.43 bits per heavy atom. The van der Waals surface area contributed by atoms with E-state index >= 15 is 0 Å². The lowest BCUT2D eigenvalue weighted by molar-refractivity contribution is 0.110. The van der Waals surface area contributed by atoms with Crippen molar-refractivity contribution in [1.82, 2.24) is 0 Å². The van der Waals surface area contributed by atoms with Gasteiger partial charge in [-0.1, -0.05) is 6.07 Å². The van der Waals surface area contributed by atoms with Crippen LogP contribution in [0.2, 0.25) is 0 Å². The molecule has 0 fully saturated rings. The highest BCUT2D eigenvalue weighted by atomic mass is 16.5. The maximum atomic E-state index is 5.59. The molecule has 14 heavy (non-hydrogen) atoms. The zero-order valence-corrected chi connectivity index (χ0v) is 8.07. The molecular formula is C11H13NO2. The molecule has 2 aromatic rings. The van der Waals surface area contributed by atoms with Crippen molar-refractivity contribution in [2.75, 3.05) is 13.7 Å². The fourth-order valence-electron chi connectivity index (χ4n) is 1.55. The van der Waals surface area contributed by atoms with Gasteiger partial charge in [-0.05, 0) is 23.8 Å². The topological polar surface area (TPSA) is 48.4 Å². The number of nitrogens with two attached hydrogens (primary N) is 1. The standard InChI is InChI=1S/C11H13NO2/c1-13-11(7-12)8-2-3-10-9(6-8)4-5-14-10/h2-6,11H,7,12H2,1H3. The van der Waals surface area contributed by atoms with Crippen molar-refractivity contribution in [3.8, 4) is 0 Å². The van der Waals surface area contributed by atoms with Crippen molar-refractivity contribution < 1.29 is 9.15 Å². The number of ether oxygens (including phenoxy) is 1. The molecule has 0 radical (unpaired) electrons. The van der Waals surface area contributed by atoms with Crippen LogP contribution in [0.15, 0.2) is 34.9 Å². The fourth-order valence-corrected chi connectivity index (χ4v) is 1.55. The lowest BCUT2D eigenvalue weighted by atomic mass is 10.1. The highest BCUT2D eigenvalue weighted by Crippen LogP contribution is 2.22. The van der Waals surface area contributed by atoms with Gasteiger partial charge in [0.1, 0.15) is 5.58 Å². The summed E-state index contributed by atoms with van der Waals surface area (Å²) in [6, 6.07) is 7.89. The Morgan fingerprint density at radius 3 is 3.00 bits per heavy atom. The van der Waals surface area contributed by atoms with Gasteiger partial charge in [0, 0.05) is 19.0 Å². The number of fused-ring (bicyclic) bond motifs is 1. The molecule has 0 aliphatic rings. The van der Waals surface area contributed by atoms with E-state index in [-0.39, 0.29) is 6.10 Å². The van der Waals surface area contributed by atoms with Crippen molar-refractivity contribution in [3.63, 3.8) is 0 Å². The average molecular weight is 191 g/mol. The largest absolute Gasteiger partial charge is 0.464 e. The highest BCUT2D eigenvalue weighted by molar-refractivity contribution is 5.77. The molecule has 2 rings (SSSR count). The molecule has 0 aliphatic carbocycles. The Morgan fingerprint density at radius 2 is 2.29 bits per heavy atom. The van der Waals surface area contributed by atoms with Gasteiger partial charge in [-0.2, -0.15) is 0 Å². The average Bonchev–Trinajstić information content (AvgIpc) is 2.66. The molecule has 1 aromatic carbocycles. The number of rotatable bonds is 3. The lowest BCUT2D eigenvalue weighted by Crippen LogP contribution is -2.13. The summed E-state index contributed by atoms with van der Waals surface area (Å²) in [5.41, 5.74) is 7.56. The molecular weight excluding hydrogens is 178 g/mol. The number of furan rings is 1. The van der Waals surface area contributed by atoms with E-state index in [9.17, 15) is 0 Å². The molecule has 1 unspecified atom stereocenters. The predicted molar refractivity (Wildman–Crippen MR) is 55.0 cm³/mol. The summed E-state index contributed by atoms with van der Waals surface area (Å²) in [6.45, 7) is 0.486. The molecule has 74 valence electrons. The van der Waals surface area contributed by atoms with E-state index < -0.39 is 0 Å². The van der Waals surface area contributed by atoms with Crippen LogP contribution in [0.1, 0.15) is 11.7 Å². The van der Waals surface area contributed by atoms with E-state index in [0.717, 1.165) is 16.5 Å². The van der Waals surface area contributed by atoms with E-state index in [0.29, 0.717) is 6.54 Å². The van der Waals surface area contributed by atoms with Gasteiger partial charge >= 0.3 is 0 Å². The molecule has 2 N–H and O–H groups in total. The Bertz CT molecular complexity index is 418. The molecule has 0 aliphatic heterocycles. The van der Waals surface area contributed by atoms with Crippen LogP contribution in [0, 0.1) is 0 Å².